The number of carbonyl (C=O) groups is 1. The number of amides is 1. The van der Waals surface area contributed by atoms with Crippen molar-refractivity contribution in [2.24, 2.45) is 0 Å². The predicted molar refractivity (Wildman–Crippen MR) is 115 cm³/mol. The van der Waals surface area contributed by atoms with E-state index < -0.39 is 0 Å². The van der Waals surface area contributed by atoms with E-state index in [9.17, 15) is 4.79 Å². The fourth-order valence-electron chi connectivity index (χ4n) is 3.52. The van der Waals surface area contributed by atoms with Crippen LogP contribution >= 0.6 is 11.3 Å². The average Bonchev–Trinajstić information content (AvgIpc) is 3.17. The van der Waals surface area contributed by atoms with E-state index in [-0.39, 0.29) is 11.8 Å². The van der Waals surface area contributed by atoms with Crippen molar-refractivity contribution >= 4 is 28.2 Å². The number of methoxy groups -OCH3 is 1. The van der Waals surface area contributed by atoms with E-state index >= 15 is 0 Å². The molecule has 1 aliphatic heterocycles. The zero-order chi connectivity index (χ0) is 20.2. The van der Waals surface area contributed by atoms with Crippen LogP contribution in [-0.4, -0.2) is 31.7 Å². The molecule has 1 aliphatic rings. The van der Waals surface area contributed by atoms with Gasteiger partial charge in [0.1, 0.15) is 5.82 Å². The number of aromatic nitrogens is 1. The molecule has 4 rings (SSSR count). The van der Waals surface area contributed by atoms with Crippen LogP contribution in [-0.2, 0) is 11.2 Å². The Labute approximate surface area is 173 Å². The van der Waals surface area contributed by atoms with Crippen LogP contribution in [0, 0.1) is 0 Å². The van der Waals surface area contributed by atoms with Gasteiger partial charge in [-0.05, 0) is 11.6 Å². The summed E-state index contributed by atoms with van der Waals surface area (Å²) >= 11 is 1.55. The number of nitrogens with zero attached hydrogens (tertiary/aromatic N) is 1. The molecule has 2 aromatic carbocycles. The van der Waals surface area contributed by atoms with E-state index in [1.807, 2.05) is 43.4 Å². The maximum Gasteiger partial charge on any atom is 0.226 e. The summed E-state index contributed by atoms with van der Waals surface area (Å²) in [4.78, 5) is 17.8. The number of para-hydroxylation sites is 1. The highest BCUT2D eigenvalue weighted by Gasteiger charge is 2.33. The fourth-order valence-corrected chi connectivity index (χ4v) is 4.51. The Morgan fingerprint density at radius 2 is 2.03 bits per heavy atom. The first-order chi connectivity index (χ1) is 14.2. The van der Waals surface area contributed by atoms with Crippen molar-refractivity contribution in [3.8, 4) is 11.5 Å². The molecule has 6 nitrogen and oxygen atoms in total. The van der Waals surface area contributed by atoms with Gasteiger partial charge in [-0.2, -0.15) is 0 Å². The number of fused-ring (bicyclic) bond motifs is 1. The molecule has 0 radical (unpaired) electrons. The number of hydrogen-bond donors (Lipinski definition) is 2. The van der Waals surface area contributed by atoms with Crippen molar-refractivity contribution in [1.29, 1.82) is 0 Å². The number of hydrogen-bond acceptors (Lipinski definition) is 6. The van der Waals surface area contributed by atoms with Crippen molar-refractivity contribution in [3.63, 3.8) is 0 Å². The van der Waals surface area contributed by atoms with E-state index in [4.69, 9.17) is 9.47 Å². The molecule has 150 valence electrons. The maximum atomic E-state index is 12.3. The highest BCUT2D eigenvalue weighted by molar-refractivity contribution is 7.16. The highest BCUT2D eigenvalue weighted by Crippen LogP contribution is 2.47. The van der Waals surface area contributed by atoms with Crippen molar-refractivity contribution in [1.82, 2.24) is 4.98 Å². The van der Waals surface area contributed by atoms with Gasteiger partial charge < -0.3 is 20.1 Å². The molecule has 3 aromatic rings. The second-order valence-corrected chi connectivity index (χ2v) is 7.78. The van der Waals surface area contributed by atoms with Crippen LogP contribution in [0.4, 0.5) is 10.9 Å². The predicted octanol–water partition coefficient (Wildman–Crippen LogP) is 4.29. The summed E-state index contributed by atoms with van der Waals surface area (Å²) < 4.78 is 11.8. The molecular formula is C22H23N3O3S. The number of nitrogens with one attached hydrogen (secondary N) is 2. The average molecular weight is 410 g/mol. The quantitative estimate of drug-likeness (QED) is 0.609. The topological polar surface area (TPSA) is 72.5 Å². The summed E-state index contributed by atoms with van der Waals surface area (Å²) in [7, 11) is 3.46. The second kappa shape index (κ2) is 8.53. The molecule has 0 aliphatic carbocycles. The zero-order valence-electron chi connectivity index (χ0n) is 16.4. The molecular weight excluding hydrogens is 386 g/mol. The van der Waals surface area contributed by atoms with Crippen molar-refractivity contribution in [3.05, 3.63) is 64.5 Å². The molecule has 29 heavy (non-hydrogen) atoms. The second-order valence-electron chi connectivity index (χ2n) is 6.75. The number of thiazole rings is 1. The van der Waals surface area contributed by atoms with Crippen LogP contribution in [0.1, 0.15) is 28.3 Å². The lowest BCUT2D eigenvalue weighted by Gasteiger charge is -2.24. The number of ether oxygens (including phenoxy) is 2. The molecule has 0 saturated heterocycles. The van der Waals surface area contributed by atoms with Gasteiger partial charge in [0, 0.05) is 31.4 Å². The van der Waals surface area contributed by atoms with Gasteiger partial charge in [-0.3, -0.25) is 4.79 Å². The molecule has 0 spiro atoms. The summed E-state index contributed by atoms with van der Waals surface area (Å²) in [5.41, 5.74) is 2.16. The summed E-state index contributed by atoms with van der Waals surface area (Å²) in [5, 5.41) is 6.71. The molecule has 0 unspecified atom stereocenters. The van der Waals surface area contributed by atoms with Gasteiger partial charge in [-0.15, -0.1) is 0 Å². The molecule has 0 bridgehead atoms. The van der Waals surface area contributed by atoms with Gasteiger partial charge in [-0.25, -0.2) is 4.98 Å². The van der Waals surface area contributed by atoms with E-state index in [2.05, 4.69) is 27.8 Å². The Bertz CT molecular complexity index is 1000. The minimum absolute atomic E-state index is 0.0477. The van der Waals surface area contributed by atoms with Gasteiger partial charge in [0.25, 0.3) is 0 Å². The van der Waals surface area contributed by atoms with Gasteiger partial charge in [0.2, 0.25) is 5.91 Å². The molecule has 2 heterocycles. The van der Waals surface area contributed by atoms with Crippen molar-refractivity contribution in [2.45, 2.75) is 18.8 Å². The maximum absolute atomic E-state index is 12.3. The Morgan fingerprint density at radius 1 is 1.21 bits per heavy atom. The SMILES string of the molecule is CNc1nc2c(s1)[C@H](c1cccc(OC)c1OCCc1ccccc1)CC(=O)N2. The largest absolute Gasteiger partial charge is 0.493 e. The fraction of sp³-hybridized carbons (Fsp3) is 0.273. The smallest absolute Gasteiger partial charge is 0.226 e. The Hall–Kier alpha value is -3.06. The van der Waals surface area contributed by atoms with Gasteiger partial charge in [0.05, 0.1) is 18.6 Å². The first-order valence-corrected chi connectivity index (χ1v) is 10.3. The number of carbonyl (C=O) groups excluding carboxylic acids is 1. The summed E-state index contributed by atoms with van der Waals surface area (Å²) in [5.74, 6) is 1.81. The highest BCUT2D eigenvalue weighted by atomic mass is 32.1. The first kappa shape index (κ1) is 19.3. The number of benzene rings is 2. The van der Waals surface area contributed by atoms with E-state index in [0.29, 0.717) is 30.3 Å². The minimum Gasteiger partial charge on any atom is -0.493 e. The molecule has 1 amide bonds. The number of rotatable bonds is 7. The molecule has 1 aromatic heterocycles. The van der Waals surface area contributed by atoms with Gasteiger partial charge >= 0.3 is 0 Å². The van der Waals surface area contributed by atoms with Crippen LogP contribution in [0.25, 0.3) is 0 Å². The summed E-state index contributed by atoms with van der Waals surface area (Å²) in [6, 6.07) is 16.0. The molecule has 0 fully saturated rings. The molecule has 7 heteroatoms. The van der Waals surface area contributed by atoms with Crippen molar-refractivity contribution < 1.29 is 14.3 Å². The lowest BCUT2D eigenvalue weighted by Crippen LogP contribution is -2.23. The normalized spacial score (nSPS) is 15.4. The summed E-state index contributed by atoms with van der Waals surface area (Å²) in [6.07, 6.45) is 1.14. The third-order valence-corrected chi connectivity index (χ3v) is 6.10. The molecule has 1 atom stereocenters. The van der Waals surface area contributed by atoms with Gasteiger partial charge in [0.15, 0.2) is 16.6 Å². The molecule has 2 N–H and O–H groups in total. The number of anilines is 2. The van der Waals surface area contributed by atoms with Crippen LogP contribution in [0.5, 0.6) is 11.5 Å². The van der Waals surface area contributed by atoms with E-state index in [1.165, 1.54) is 5.56 Å². The Kier molecular flexibility index (Phi) is 5.67. The lowest BCUT2D eigenvalue weighted by molar-refractivity contribution is -0.116. The van der Waals surface area contributed by atoms with Gasteiger partial charge in [-0.1, -0.05) is 53.8 Å². The molecule has 0 saturated carbocycles. The van der Waals surface area contributed by atoms with Crippen LogP contribution in [0.3, 0.4) is 0 Å². The van der Waals surface area contributed by atoms with Crippen LogP contribution in [0.15, 0.2) is 48.5 Å². The first-order valence-electron chi connectivity index (χ1n) is 9.51. The lowest BCUT2D eigenvalue weighted by atomic mass is 9.90. The van der Waals surface area contributed by atoms with Crippen LogP contribution in [0.2, 0.25) is 0 Å². The van der Waals surface area contributed by atoms with E-state index in [1.54, 1.807) is 18.4 Å². The Morgan fingerprint density at radius 3 is 2.79 bits per heavy atom. The van der Waals surface area contributed by atoms with E-state index in [0.717, 1.165) is 22.0 Å². The Balaban J connectivity index is 1.65. The van der Waals surface area contributed by atoms with Crippen LogP contribution < -0.4 is 20.1 Å². The monoisotopic (exact) mass is 409 g/mol. The zero-order valence-corrected chi connectivity index (χ0v) is 17.2. The third kappa shape index (κ3) is 4.05. The van der Waals surface area contributed by atoms with Crippen molar-refractivity contribution in [2.75, 3.05) is 31.4 Å². The summed E-state index contributed by atoms with van der Waals surface area (Å²) in [6.45, 7) is 0.521. The standard InChI is InChI=1S/C22H23N3O3S/c1-23-22-25-21-20(29-22)16(13-18(26)24-21)15-9-6-10-17(27-2)19(15)28-12-11-14-7-4-3-5-8-14/h3-10,16H,11-13H2,1-2H3,(H,23,25)(H,24,26)/t16-/m0/s1. The third-order valence-electron chi connectivity index (χ3n) is 4.92. The minimum atomic E-state index is -0.125.